The van der Waals surface area contributed by atoms with Crippen molar-refractivity contribution in [3.8, 4) is 0 Å². The molecular weight excluding hydrogens is 282 g/mol. The van der Waals surface area contributed by atoms with Gasteiger partial charge in [0.05, 0.1) is 11.8 Å². The number of benzene rings is 1. The molecule has 122 valence electrons. The molecule has 0 heterocycles. The van der Waals surface area contributed by atoms with Crippen LogP contribution in [0.2, 0.25) is 0 Å². The van der Waals surface area contributed by atoms with E-state index in [4.69, 9.17) is 4.74 Å². The van der Waals surface area contributed by atoms with Gasteiger partial charge in [-0.1, -0.05) is 18.2 Å². The SMILES string of the molecule is CC(=O)OC(C)C.CC(C)(C)OC(=O)C=Nc1ccccc1. The number of ether oxygens (including phenoxy) is 2. The molecule has 0 aliphatic heterocycles. The Bertz CT molecular complexity index is 487. The number of carbonyl (C=O) groups is 2. The van der Waals surface area contributed by atoms with Crippen LogP contribution >= 0.6 is 0 Å². The summed E-state index contributed by atoms with van der Waals surface area (Å²) in [6.45, 7) is 10.5. The zero-order valence-electron chi connectivity index (χ0n) is 14.1. The number of para-hydroxylation sites is 1. The Hall–Kier alpha value is -2.17. The van der Waals surface area contributed by atoms with E-state index in [0.29, 0.717) is 0 Å². The van der Waals surface area contributed by atoms with Gasteiger partial charge in [0.15, 0.2) is 0 Å². The molecule has 5 heteroatoms. The van der Waals surface area contributed by atoms with E-state index in [2.05, 4.69) is 9.73 Å². The Morgan fingerprint density at radius 2 is 1.68 bits per heavy atom. The summed E-state index contributed by atoms with van der Waals surface area (Å²) < 4.78 is 9.68. The number of nitrogens with zero attached hydrogens (tertiary/aromatic N) is 1. The topological polar surface area (TPSA) is 65.0 Å². The predicted molar refractivity (Wildman–Crippen MR) is 87.3 cm³/mol. The third-order valence-corrected chi connectivity index (χ3v) is 1.88. The predicted octanol–water partition coefficient (Wildman–Crippen LogP) is 3.69. The minimum absolute atomic E-state index is 0.0255. The minimum atomic E-state index is -0.472. The number of rotatable bonds is 3. The summed E-state index contributed by atoms with van der Waals surface area (Å²) in [5, 5.41) is 0. The largest absolute Gasteiger partial charge is 0.463 e. The van der Waals surface area contributed by atoms with Crippen LogP contribution in [0.5, 0.6) is 0 Å². The molecule has 0 radical (unpaired) electrons. The van der Waals surface area contributed by atoms with Gasteiger partial charge in [-0.2, -0.15) is 0 Å². The van der Waals surface area contributed by atoms with Crippen molar-refractivity contribution in [2.45, 2.75) is 53.2 Å². The summed E-state index contributed by atoms with van der Waals surface area (Å²) in [4.78, 5) is 25.3. The van der Waals surface area contributed by atoms with Gasteiger partial charge in [-0.05, 0) is 46.8 Å². The molecule has 0 amide bonds. The second-order valence-electron chi connectivity index (χ2n) is 5.79. The quantitative estimate of drug-likeness (QED) is 0.631. The van der Waals surface area contributed by atoms with Crippen LogP contribution in [-0.2, 0) is 19.1 Å². The lowest BCUT2D eigenvalue weighted by molar-refractivity contribution is -0.146. The van der Waals surface area contributed by atoms with Crippen molar-refractivity contribution in [1.29, 1.82) is 0 Å². The van der Waals surface area contributed by atoms with Gasteiger partial charge in [0.1, 0.15) is 11.8 Å². The molecular formula is C17H25NO4. The maximum Gasteiger partial charge on any atom is 0.349 e. The lowest BCUT2D eigenvalue weighted by Crippen LogP contribution is -2.24. The second kappa shape index (κ2) is 9.71. The van der Waals surface area contributed by atoms with Crippen molar-refractivity contribution in [3.05, 3.63) is 30.3 Å². The van der Waals surface area contributed by atoms with Crippen LogP contribution < -0.4 is 0 Å². The first-order valence-electron chi connectivity index (χ1n) is 7.09. The third-order valence-electron chi connectivity index (χ3n) is 1.88. The summed E-state index contributed by atoms with van der Waals surface area (Å²) >= 11 is 0. The highest BCUT2D eigenvalue weighted by atomic mass is 16.6. The number of hydrogen-bond donors (Lipinski definition) is 0. The van der Waals surface area contributed by atoms with Crippen molar-refractivity contribution >= 4 is 23.8 Å². The van der Waals surface area contributed by atoms with Crippen LogP contribution in [0.25, 0.3) is 0 Å². The van der Waals surface area contributed by atoms with Gasteiger partial charge in [-0.15, -0.1) is 0 Å². The van der Waals surface area contributed by atoms with Crippen LogP contribution in [0.3, 0.4) is 0 Å². The van der Waals surface area contributed by atoms with Crippen molar-refractivity contribution < 1.29 is 19.1 Å². The Balaban J connectivity index is 0.000000534. The smallest absolute Gasteiger partial charge is 0.349 e. The standard InChI is InChI=1S/C12H15NO2.C5H10O2/c1-12(2,3)15-11(14)9-13-10-7-5-4-6-8-10;1-4(2)7-5(3)6/h4-9H,1-3H3;4H,1-3H3. The van der Waals surface area contributed by atoms with Crippen LogP contribution in [-0.4, -0.2) is 29.9 Å². The summed E-state index contributed by atoms with van der Waals surface area (Å²) in [5.74, 6) is -0.638. The highest BCUT2D eigenvalue weighted by molar-refractivity contribution is 6.23. The third kappa shape index (κ3) is 12.8. The molecule has 0 saturated heterocycles. The van der Waals surface area contributed by atoms with E-state index in [0.717, 1.165) is 5.69 Å². The van der Waals surface area contributed by atoms with Crippen molar-refractivity contribution in [1.82, 2.24) is 0 Å². The summed E-state index contributed by atoms with van der Waals surface area (Å²) in [5.41, 5.74) is 0.267. The van der Waals surface area contributed by atoms with Crippen molar-refractivity contribution in [3.63, 3.8) is 0 Å². The molecule has 1 rings (SSSR count). The fourth-order valence-electron chi connectivity index (χ4n) is 1.30. The van der Waals surface area contributed by atoms with Gasteiger partial charge < -0.3 is 9.47 Å². The molecule has 0 aliphatic rings. The monoisotopic (exact) mass is 307 g/mol. The Morgan fingerprint density at radius 1 is 1.14 bits per heavy atom. The lowest BCUT2D eigenvalue weighted by atomic mass is 10.2. The highest BCUT2D eigenvalue weighted by Gasteiger charge is 2.14. The van der Waals surface area contributed by atoms with E-state index in [1.54, 1.807) is 0 Å². The molecule has 0 aliphatic carbocycles. The number of esters is 2. The van der Waals surface area contributed by atoms with Crippen LogP contribution in [0.15, 0.2) is 35.3 Å². The molecule has 22 heavy (non-hydrogen) atoms. The zero-order valence-corrected chi connectivity index (χ0v) is 14.1. The normalized spacial score (nSPS) is 10.9. The molecule has 0 atom stereocenters. The molecule has 0 unspecified atom stereocenters. The second-order valence-corrected chi connectivity index (χ2v) is 5.79. The number of aliphatic imine (C=N–C) groups is 1. The first-order chi connectivity index (χ1) is 10.1. The average Bonchev–Trinajstić information content (AvgIpc) is 2.34. The van der Waals surface area contributed by atoms with E-state index in [9.17, 15) is 9.59 Å². The van der Waals surface area contributed by atoms with Crippen LogP contribution in [0, 0.1) is 0 Å². The first kappa shape index (κ1) is 19.8. The molecule has 0 bridgehead atoms. The molecule has 5 nitrogen and oxygen atoms in total. The van der Waals surface area contributed by atoms with E-state index >= 15 is 0 Å². The minimum Gasteiger partial charge on any atom is -0.463 e. The Labute approximate surface area is 132 Å². The van der Waals surface area contributed by atoms with Crippen LogP contribution in [0.4, 0.5) is 5.69 Å². The fraction of sp³-hybridized carbons (Fsp3) is 0.471. The van der Waals surface area contributed by atoms with E-state index in [-0.39, 0.29) is 12.1 Å². The number of carbonyl (C=O) groups excluding carboxylic acids is 2. The molecule has 0 N–H and O–H groups in total. The van der Waals surface area contributed by atoms with E-state index in [1.165, 1.54) is 13.1 Å². The molecule has 0 fully saturated rings. The van der Waals surface area contributed by atoms with E-state index in [1.807, 2.05) is 65.0 Å². The zero-order chi connectivity index (χ0) is 17.2. The Kier molecular flexibility index (Phi) is 8.75. The van der Waals surface area contributed by atoms with Gasteiger partial charge >= 0.3 is 11.9 Å². The van der Waals surface area contributed by atoms with E-state index < -0.39 is 11.6 Å². The van der Waals surface area contributed by atoms with Crippen LogP contribution in [0.1, 0.15) is 41.5 Å². The lowest BCUT2D eigenvalue weighted by Gasteiger charge is -2.17. The van der Waals surface area contributed by atoms with Gasteiger partial charge in [0, 0.05) is 6.92 Å². The maximum atomic E-state index is 11.3. The molecule has 0 aromatic heterocycles. The van der Waals surface area contributed by atoms with Gasteiger partial charge in [0.25, 0.3) is 0 Å². The average molecular weight is 307 g/mol. The van der Waals surface area contributed by atoms with Gasteiger partial charge in [-0.3, -0.25) is 4.79 Å². The molecule has 1 aromatic rings. The maximum absolute atomic E-state index is 11.3. The fourth-order valence-corrected chi connectivity index (χ4v) is 1.30. The Morgan fingerprint density at radius 3 is 2.05 bits per heavy atom. The molecule has 0 saturated carbocycles. The van der Waals surface area contributed by atoms with Crippen molar-refractivity contribution in [2.24, 2.45) is 4.99 Å². The summed E-state index contributed by atoms with van der Waals surface area (Å²) in [6.07, 6.45) is 1.22. The molecule has 0 spiro atoms. The summed E-state index contributed by atoms with van der Waals surface area (Å²) in [6, 6.07) is 9.26. The highest BCUT2D eigenvalue weighted by Crippen LogP contribution is 2.10. The van der Waals surface area contributed by atoms with Gasteiger partial charge in [0.2, 0.25) is 0 Å². The first-order valence-corrected chi connectivity index (χ1v) is 7.09. The van der Waals surface area contributed by atoms with Gasteiger partial charge in [-0.25, -0.2) is 9.79 Å². The summed E-state index contributed by atoms with van der Waals surface area (Å²) in [7, 11) is 0. The van der Waals surface area contributed by atoms with Crippen molar-refractivity contribution in [2.75, 3.05) is 0 Å². The number of hydrogen-bond acceptors (Lipinski definition) is 5. The molecule has 1 aromatic carbocycles.